The van der Waals surface area contributed by atoms with Crippen molar-refractivity contribution in [3.63, 3.8) is 0 Å². The highest BCUT2D eigenvalue weighted by atomic mass is 16.5. The lowest BCUT2D eigenvalue weighted by Gasteiger charge is -2.55. The molecule has 2 aliphatic heterocycles. The molecule has 1 aromatic heterocycles. The minimum atomic E-state index is -0.869. The third-order valence-corrected chi connectivity index (χ3v) is 4.68. The molecule has 0 unspecified atom stereocenters. The SMILES string of the molecule is O=C(O)c1cc2c(nc1N1CC3(COC3)C1)CCCC2. The number of anilines is 1. The van der Waals surface area contributed by atoms with Crippen molar-refractivity contribution in [2.75, 3.05) is 31.2 Å². The normalized spacial score (nSPS) is 22.9. The Morgan fingerprint density at radius 2 is 2.05 bits per heavy atom. The van der Waals surface area contributed by atoms with Crippen LogP contribution in [0, 0.1) is 5.41 Å². The fourth-order valence-electron chi connectivity index (χ4n) is 3.51. The molecule has 0 aromatic carbocycles. The molecule has 1 spiro atoms. The zero-order valence-corrected chi connectivity index (χ0v) is 11.4. The molecule has 2 fully saturated rings. The lowest BCUT2D eigenvalue weighted by molar-refractivity contribution is -0.127. The summed E-state index contributed by atoms with van der Waals surface area (Å²) in [6.07, 6.45) is 4.23. The van der Waals surface area contributed by atoms with Crippen LogP contribution in [0.4, 0.5) is 5.82 Å². The average molecular weight is 274 g/mol. The average Bonchev–Trinajstić information content (AvgIpc) is 2.34. The Hall–Kier alpha value is -1.62. The molecule has 2 saturated heterocycles. The third kappa shape index (κ3) is 1.73. The van der Waals surface area contributed by atoms with Gasteiger partial charge in [0.15, 0.2) is 0 Å². The van der Waals surface area contributed by atoms with E-state index in [1.165, 1.54) is 0 Å². The molecule has 3 heterocycles. The Bertz CT molecular complexity index is 573. The van der Waals surface area contributed by atoms with Crippen LogP contribution in [0.25, 0.3) is 0 Å². The van der Waals surface area contributed by atoms with Crippen molar-refractivity contribution in [2.24, 2.45) is 5.41 Å². The first-order valence-corrected chi connectivity index (χ1v) is 7.26. The van der Waals surface area contributed by atoms with Crippen LogP contribution >= 0.6 is 0 Å². The van der Waals surface area contributed by atoms with Gasteiger partial charge in [0, 0.05) is 18.8 Å². The van der Waals surface area contributed by atoms with Crippen LogP contribution in [0.2, 0.25) is 0 Å². The molecule has 1 N–H and O–H groups in total. The Labute approximate surface area is 117 Å². The molecule has 106 valence electrons. The summed E-state index contributed by atoms with van der Waals surface area (Å²) in [6, 6.07) is 1.85. The monoisotopic (exact) mass is 274 g/mol. The molecule has 1 aliphatic carbocycles. The van der Waals surface area contributed by atoms with E-state index in [1.54, 1.807) is 0 Å². The third-order valence-electron chi connectivity index (χ3n) is 4.68. The molecule has 20 heavy (non-hydrogen) atoms. The van der Waals surface area contributed by atoms with Gasteiger partial charge in [-0.2, -0.15) is 0 Å². The number of pyridine rings is 1. The van der Waals surface area contributed by atoms with Crippen LogP contribution in [-0.2, 0) is 17.6 Å². The van der Waals surface area contributed by atoms with E-state index in [-0.39, 0.29) is 5.41 Å². The standard InChI is InChI=1S/C15H18N2O3/c18-14(19)11-5-10-3-1-2-4-12(10)16-13(11)17-6-15(7-17)8-20-9-15/h5H,1-4,6-9H2,(H,18,19). The Kier molecular flexibility index (Phi) is 2.54. The summed E-state index contributed by atoms with van der Waals surface area (Å²) in [7, 11) is 0. The molecule has 0 amide bonds. The van der Waals surface area contributed by atoms with Gasteiger partial charge in [-0.25, -0.2) is 9.78 Å². The fourth-order valence-corrected chi connectivity index (χ4v) is 3.51. The number of rotatable bonds is 2. The molecule has 5 nitrogen and oxygen atoms in total. The number of hydrogen-bond acceptors (Lipinski definition) is 4. The van der Waals surface area contributed by atoms with Crippen molar-refractivity contribution < 1.29 is 14.6 Å². The summed E-state index contributed by atoms with van der Waals surface area (Å²) in [6.45, 7) is 3.35. The minimum absolute atomic E-state index is 0.271. The number of aromatic carboxylic acids is 1. The van der Waals surface area contributed by atoms with Gasteiger partial charge in [-0.15, -0.1) is 0 Å². The molecule has 0 radical (unpaired) electrons. The number of fused-ring (bicyclic) bond motifs is 1. The maximum Gasteiger partial charge on any atom is 0.339 e. The first-order valence-electron chi connectivity index (χ1n) is 7.26. The summed E-state index contributed by atoms with van der Waals surface area (Å²) >= 11 is 0. The molecule has 0 atom stereocenters. The lowest BCUT2D eigenvalue weighted by Crippen LogP contribution is -2.66. The zero-order chi connectivity index (χ0) is 13.7. The number of carbonyl (C=O) groups is 1. The Balaban J connectivity index is 1.68. The van der Waals surface area contributed by atoms with E-state index < -0.39 is 5.97 Å². The molecule has 0 saturated carbocycles. The molecule has 1 aromatic rings. The summed E-state index contributed by atoms with van der Waals surface area (Å²) in [5.74, 6) is -0.206. The topological polar surface area (TPSA) is 62.7 Å². The molecular weight excluding hydrogens is 256 g/mol. The number of carboxylic acids is 1. The Morgan fingerprint density at radius 3 is 2.70 bits per heavy atom. The van der Waals surface area contributed by atoms with Crippen molar-refractivity contribution in [1.29, 1.82) is 0 Å². The van der Waals surface area contributed by atoms with Crippen molar-refractivity contribution in [2.45, 2.75) is 25.7 Å². The van der Waals surface area contributed by atoms with Crippen LogP contribution in [-0.4, -0.2) is 42.4 Å². The largest absolute Gasteiger partial charge is 0.478 e. The van der Waals surface area contributed by atoms with Gasteiger partial charge in [0.1, 0.15) is 11.4 Å². The van der Waals surface area contributed by atoms with Gasteiger partial charge in [-0.3, -0.25) is 0 Å². The van der Waals surface area contributed by atoms with Gasteiger partial charge in [0.2, 0.25) is 0 Å². The first-order chi connectivity index (χ1) is 9.67. The van der Waals surface area contributed by atoms with Crippen LogP contribution in [0.3, 0.4) is 0 Å². The predicted octanol–water partition coefficient (Wildman–Crippen LogP) is 1.50. The highest BCUT2D eigenvalue weighted by Crippen LogP contribution is 2.41. The molecule has 3 aliphatic rings. The van der Waals surface area contributed by atoms with Crippen molar-refractivity contribution in [3.8, 4) is 0 Å². The summed E-state index contributed by atoms with van der Waals surface area (Å²) in [5.41, 5.74) is 2.86. The van der Waals surface area contributed by atoms with E-state index in [4.69, 9.17) is 4.74 Å². The number of hydrogen-bond donors (Lipinski definition) is 1. The van der Waals surface area contributed by atoms with Crippen LogP contribution in [0.5, 0.6) is 0 Å². The van der Waals surface area contributed by atoms with E-state index in [2.05, 4.69) is 9.88 Å². The van der Waals surface area contributed by atoms with Gasteiger partial charge in [-0.1, -0.05) is 0 Å². The number of carboxylic acid groups (broad SMARTS) is 1. The first kappa shape index (κ1) is 12.1. The van der Waals surface area contributed by atoms with Crippen molar-refractivity contribution in [1.82, 2.24) is 4.98 Å². The highest BCUT2D eigenvalue weighted by Gasteiger charge is 2.50. The predicted molar refractivity (Wildman–Crippen MR) is 73.3 cm³/mol. The van der Waals surface area contributed by atoms with Gasteiger partial charge in [-0.05, 0) is 37.3 Å². The quantitative estimate of drug-likeness (QED) is 0.885. The summed E-state index contributed by atoms with van der Waals surface area (Å²) in [4.78, 5) is 18.3. The van der Waals surface area contributed by atoms with Gasteiger partial charge >= 0.3 is 5.97 Å². The van der Waals surface area contributed by atoms with Crippen molar-refractivity contribution >= 4 is 11.8 Å². The smallest absolute Gasteiger partial charge is 0.339 e. The fraction of sp³-hybridized carbons (Fsp3) is 0.600. The molecule has 0 bridgehead atoms. The van der Waals surface area contributed by atoms with Gasteiger partial charge < -0.3 is 14.7 Å². The number of aromatic nitrogens is 1. The van der Waals surface area contributed by atoms with Crippen molar-refractivity contribution in [3.05, 3.63) is 22.9 Å². The number of nitrogens with zero attached hydrogens (tertiary/aromatic N) is 2. The van der Waals surface area contributed by atoms with Gasteiger partial charge in [0.25, 0.3) is 0 Å². The van der Waals surface area contributed by atoms with Crippen LogP contribution in [0.1, 0.15) is 34.5 Å². The Morgan fingerprint density at radius 1 is 1.30 bits per heavy atom. The van der Waals surface area contributed by atoms with E-state index >= 15 is 0 Å². The number of aryl methyl sites for hydroxylation is 2. The van der Waals surface area contributed by atoms with Crippen LogP contribution in [0.15, 0.2) is 6.07 Å². The second-order valence-electron chi connectivity index (χ2n) is 6.33. The molecule has 4 rings (SSSR count). The number of ether oxygens (including phenoxy) is 1. The van der Waals surface area contributed by atoms with E-state index in [0.29, 0.717) is 11.4 Å². The lowest BCUT2D eigenvalue weighted by atomic mass is 9.78. The van der Waals surface area contributed by atoms with E-state index in [1.807, 2.05) is 6.07 Å². The second kappa shape index (κ2) is 4.19. The highest BCUT2D eigenvalue weighted by molar-refractivity contribution is 5.94. The summed E-state index contributed by atoms with van der Waals surface area (Å²) < 4.78 is 5.27. The van der Waals surface area contributed by atoms with E-state index in [0.717, 1.165) is 63.2 Å². The maximum absolute atomic E-state index is 11.5. The summed E-state index contributed by atoms with van der Waals surface area (Å²) in [5, 5.41) is 9.45. The van der Waals surface area contributed by atoms with Gasteiger partial charge in [0.05, 0.1) is 18.6 Å². The van der Waals surface area contributed by atoms with Crippen LogP contribution < -0.4 is 4.90 Å². The minimum Gasteiger partial charge on any atom is -0.478 e. The zero-order valence-electron chi connectivity index (χ0n) is 11.4. The second-order valence-corrected chi connectivity index (χ2v) is 6.33. The molecular formula is C15H18N2O3. The van der Waals surface area contributed by atoms with E-state index in [9.17, 15) is 9.90 Å². The molecule has 5 heteroatoms. The maximum atomic E-state index is 11.5.